The highest BCUT2D eigenvalue weighted by Gasteiger charge is 2.45. The van der Waals surface area contributed by atoms with Crippen molar-refractivity contribution in [2.24, 2.45) is 5.92 Å². The summed E-state index contributed by atoms with van der Waals surface area (Å²) in [6.45, 7) is 3.96. The molecule has 0 radical (unpaired) electrons. The number of allylic oxidation sites excluding steroid dienone is 1. The molecule has 1 aliphatic rings. The van der Waals surface area contributed by atoms with Crippen molar-refractivity contribution in [2.75, 3.05) is 39.6 Å². The van der Waals surface area contributed by atoms with Crippen LogP contribution in [0.25, 0.3) is 5.57 Å². The number of ketones is 2. The lowest BCUT2D eigenvalue weighted by Crippen LogP contribution is -2.49. The summed E-state index contributed by atoms with van der Waals surface area (Å²) < 4.78 is 21.7. The van der Waals surface area contributed by atoms with Crippen molar-refractivity contribution in [3.05, 3.63) is 113 Å². The maximum Gasteiger partial charge on any atom is 0.416 e. The molecule has 1 aliphatic heterocycles. The van der Waals surface area contributed by atoms with Crippen LogP contribution in [0.3, 0.4) is 0 Å². The van der Waals surface area contributed by atoms with E-state index in [1.807, 2.05) is 43.3 Å². The zero-order valence-electron chi connectivity index (χ0n) is 29.0. The molecule has 0 aliphatic carbocycles. The first-order valence-corrected chi connectivity index (χ1v) is 17.0. The molecule has 1 heterocycles. The second kappa shape index (κ2) is 20.0. The molecular weight excluding hydrogens is 654 g/mol. The maximum atomic E-state index is 14.5. The van der Waals surface area contributed by atoms with Crippen molar-refractivity contribution in [2.45, 2.75) is 51.7 Å². The molecule has 51 heavy (non-hydrogen) atoms. The highest BCUT2D eigenvalue weighted by molar-refractivity contribution is 6.25. The molecule has 3 aromatic carbocycles. The Hall–Kier alpha value is -4.97. The van der Waals surface area contributed by atoms with Crippen LogP contribution in [0, 0.1) is 12.8 Å². The maximum absolute atomic E-state index is 14.5. The summed E-state index contributed by atoms with van der Waals surface area (Å²) >= 11 is 0. The molecule has 11 nitrogen and oxygen atoms in total. The van der Waals surface area contributed by atoms with Gasteiger partial charge < -0.3 is 24.1 Å². The molecule has 3 aromatic rings. The van der Waals surface area contributed by atoms with Crippen molar-refractivity contribution >= 4 is 35.1 Å². The molecule has 0 bridgehead atoms. The number of benzene rings is 3. The van der Waals surface area contributed by atoms with E-state index in [2.05, 4.69) is 0 Å². The molecule has 4 rings (SSSR count). The molecule has 1 N–H and O–H groups in total. The van der Waals surface area contributed by atoms with Gasteiger partial charge in [0.1, 0.15) is 6.61 Å². The van der Waals surface area contributed by atoms with E-state index in [0.29, 0.717) is 37.2 Å². The number of rotatable bonds is 20. The van der Waals surface area contributed by atoms with Gasteiger partial charge >= 0.3 is 12.1 Å². The monoisotopic (exact) mass is 699 g/mol. The number of hydrogen-bond donors (Lipinski definition) is 1. The number of imide groups is 1. The number of ether oxygens (including phenoxy) is 4. The quantitative estimate of drug-likeness (QED) is 0.100. The van der Waals surface area contributed by atoms with Gasteiger partial charge in [-0.05, 0) is 49.0 Å². The average molecular weight is 700 g/mol. The van der Waals surface area contributed by atoms with E-state index in [1.165, 1.54) is 0 Å². The van der Waals surface area contributed by atoms with Gasteiger partial charge in [-0.2, -0.15) is 0 Å². The van der Waals surface area contributed by atoms with E-state index in [0.717, 1.165) is 29.0 Å². The summed E-state index contributed by atoms with van der Waals surface area (Å²) in [5.74, 6) is -3.96. The Kier molecular flexibility index (Phi) is 15.2. The minimum Gasteiger partial charge on any atom is -0.453 e. The van der Waals surface area contributed by atoms with Crippen LogP contribution in [0.4, 0.5) is 4.79 Å². The Labute approximate surface area is 298 Å². The Bertz CT molecular complexity index is 1660. The van der Waals surface area contributed by atoms with Crippen LogP contribution in [0.5, 0.6) is 0 Å². The number of aryl methyl sites for hydroxylation is 1. The van der Waals surface area contributed by atoms with E-state index < -0.39 is 41.8 Å². The van der Waals surface area contributed by atoms with E-state index in [4.69, 9.17) is 24.1 Å². The first kappa shape index (κ1) is 38.8. The summed E-state index contributed by atoms with van der Waals surface area (Å²) in [5.41, 5.74) is 3.01. The fourth-order valence-corrected chi connectivity index (χ4v) is 5.87. The number of carbonyl (C=O) groups is 5. The molecule has 2 amide bonds. The fraction of sp³-hybridized carbons (Fsp3) is 0.375. The summed E-state index contributed by atoms with van der Waals surface area (Å²) in [4.78, 5) is 69.1. The topological polar surface area (TPSA) is 146 Å². The normalized spacial score (nSPS) is 15.6. The molecular formula is C40H45NO10. The largest absolute Gasteiger partial charge is 0.453 e. The predicted molar refractivity (Wildman–Crippen MR) is 188 cm³/mol. The number of aliphatic hydroxyl groups excluding tert-OH is 1. The molecule has 11 heteroatoms. The van der Waals surface area contributed by atoms with Crippen LogP contribution in [-0.2, 0) is 51.0 Å². The number of nitrogens with zero attached hydrogens (tertiary/aromatic N) is 1. The first-order chi connectivity index (χ1) is 24.7. The van der Waals surface area contributed by atoms with E-state index >= 15 is 0 Å². The number of hydrogen-bond acceptors (Lipinski definition) is 10. The third-order valence-corrected chi connectivity index (χ3v) is 8.28. The number of aliphatic hydroxyl groups is 1. The zero-order valence-corrected chi connectivity index (χ0v) is 29.0. The van der Waals surface area contributed by atoms with Crippen molar-refractivity contribution < 1.29 is 48.0 Å². The standard InChI is InChI=1S/C40H45NO10/c1-28-11-9-16-32(23-28)34(36(44)17-10-19-48-21-22-49-20-18-42)26-37(45)38(51-29(2)43)35(25-31-14-7-4-8-15-31)39(46)41-33(27-50-40(41)47)24-30-12-5-3-6-13-30/h3-9,11-16,23,26,33,35,38,42H,10,17-22,24-25,27H2,1-2H3/t33-,35-,38-/m0/s1. The van der Waals surface area contributed by atoms with Crippen LogP contribution in [0.1, 0.15) is 42.0 Å². The minimum absolute atomic E-state index is 0.0327. The second-order valence-corrected chi connectivity index (χ2v) is 12.3. The SMILES string of the molecule is CC(=O)O[C@H](C(=O)C=C(C(=O)CCCOCCOCCO)c1cccc(C)c1)[C@H](Cc1ccccc1)C(=O)N1C(=O)OC[C@@H]1Cc1ccccc1. The molecule has 1 saturated heterocycles. The minimum atomic E-state index is -1.66. The van der Waals surface area contributed by atoms with Crippen molar-refractivity contribution in [1.82, 2.24) is 4.90 Å². The molecule has 0 unspecified atom stereocenters. The lowest BCUT2D eigenvalue weighted by Gasteiger charge is -2.29. The molecule has 270 valence electrons. The number of Topliss-reactive ketones (excluding diaryl/α,β-unsaturated/α-hetero) is 1. The number of esters is 1. The van der Waals surface area contributed by atoms with Gasteiger partial charge in [-0.15, -0.1) is 0 Å². The van der Waals surface area contributed by atoms with Gasteiger partial charge in [-0.25, -0.2) is 9.69 Å². The number of cyclic esters (lactones) is 1. The molecule has 3 atom stereocenters. The smallest absolute Gasteiger partial charge is 0.416 e. The van der Waals surface area contributed by atoms with Gasteiger partial charge in [0.2, 0.25) is 5.91 Å². The molecule has 0 saturated carbocycles. The van der Waals surface area contributed by atoms with E-state index in [9.17, 15) is 24.0 Å². The second-order valence-electron chi connectivity index (χ2n) is 12.3. The lowest BCUT2D eigenvalue weighted by atomic mass is 9.87. The van der Waals surface area contributed by atoms with Gasteiger partial charge in [0, 0.05) is 25.5 Å². The fourth-order valence-electron chi connectivity index (χ4n) is 5.87. The van der Waals surface area contributed by atoms with Crippen molar-refractivity contribution in [3.8, 4) is 0 Å². The molecule has 1 fully saturated rings. The molecule has 0 spiro atoms. The van der Waals surface area contributed by atoms with E-state index in [1.54, 1.807) is 48.5 Å². The van der Waals surface area contributed by atoms with Gasteiger partial charge in [-0.1, -0.05) is 90.5 Å². The van der Waals surface area contributed by atoms with Crippen LogP contribution >= 0.6 is 0 Å². The molecule has 0 aromatic heterocycles. The average Bonchev–Trinajstić information content (AvgIpc) is 3.49. The third kappa shape index (κ3) is 11.8. The highest BCUT2D eigenvalue weighted by atomic mass is 16.6. The van der Waals surface area contributed by atoms with Crippen molar-refractivity contribution in [1.29, 1.82) is 0 Å². The van der Waals surface area contributed by atoms with Gasteiger partial charge in [0.15, 0.2) is 17.7 Å². The Morgan fingerprint density at radius 3 is 2.22 bits per heavy atom. The summed E-state index contributed by atoms with van der Waals surface area (Å²) in [6, 6.07) is 24.7. The first-order valence-electron chi connectivity index (χ1n) is 17.0. The number of amides is 2. The summed E-state index contributed by atoms with van der Waals surface area (Å²) in [7, 11) is 0. The Morgan fingerprint density at radius 1 is 0.902 bits per heavy atom. The van der Waals surface area contributed by atoms with Crippen LogP contribution in [-0.4, -0.2) is 91.3 Å². The van der Waals surface area contributed by atoms with Gasteiger partial charge in [0.25, 0.3) is 0 Å². The van der Waals surface area contributed by atoms with Crippen LogP contribution < -0.4 is 0 Å². The van der Waals surface area contributed by atoms with Gasteiger partial charge in [0.05, 0.1) is 38.4 Å². The lowest BCUT2D eigenvalue weighted by molar-refractivity contribution is -0.158. The van der Waals surface area contributed by atoms with Crippen LogP contribution in [0.15, 0.2) is 91.0 Å². The summed E-state index contributed by atoms with van der Waals surface area (Å²) in [5, 5.41) is 8.82. The Morgan fingerprint density at radius 2 is 1.57 bits per heavy atom. The summed E-state index contributed by atoms with van der Waals surface area (Å²) in [6.07, 6.45) is -0.658. The zero-order chi connectivity index (χ0) is 36.6. The van der Waals surface area contributed by atoms with Gasteiger partial charge in [-0.3, -0.25) is 19.2 Å². The van der Waals surface area contributed by atoms with Crippen LogP contribution in [0.2, 0.25) is 0 Å². The third-order valence-electron chi connectivity index (χ3n) is 8.28. The van der Waals surface area contributed by atoms with Crippen molar-refractivity contribution in [3.63, 3.8) is 0 Å². The number of carbonyl (C=O) groups excluding carboxylic acids is 5. The highest BCUT2D eigenvalue weighted by Crippen LogP contribution is 2.27. The van der Waals surface area contributed by atoms with E-state index in [-0.39, 0.29) is 50.6 Å². The Balaban J connectivity index is 1.66. The predicted octanol–water partition coefficient (Wildman–Crippen LogP) is 4.70.